The first-order chi connectivity index (χ1) is 9.64. The number of thioether (sulfide) groups is 1. The average molecular weight is 293 g/mol. The Bertz CT molecular complexity index is 413. The lowest BCUT2D eigenvalue weighted by molar-refractivity contribution is -0.109. The minimum atomic E-state index is -0.832. The zero-order valence-electron chi connectivity index (χ0n) is 12.8. The predicted octanol–water partition coefficient (Wildman–Crippen LogP) is 4.23. The van der Waals surface area contributed by atoms with Crippen molar-refractivity contribution in [3.05, 3.63) is 29.8 Å². The summed E-state index contributed by atoms with van der Waals surface area (Å²) in [6.45, 7) is 6.16. The molecule has 0 radical (unpaired) electrons. The van der Waals surface area contributed by atoms with Crippen LogP contribution in [0.5, 0.6) is 0 Å². The first kappa shape index (κ1) is 15.9. The SMILES string of the molecule is CCCCSc1cccc(C(C)(O)N2CCCCC2)c1. The summed E-state index contributed by atoms with van der Waals surface area (Å²) >= 11 is 1.89. The van der Waals surface area contributed by atoms with Crippen molar-refractivity contribution in [3.8, 4) is 0 Å². The van der Waals surface area contributed by atoms with Crippen molar-refractivity contribution in [2.45, 2.75) is 56.6 Å². The number of benzene rings is 1. The number of hydrogen-bond donors (Lipinski definition) is 1. The van der Waals surface area contributed by atoms with Crippen molar-refractivity contribution < 1.29 is 5.11 Å². The molecule has 1 atom stereocenters. The van der Waals surface area contributed by atoms with Crippen LogP contribution >= 0.6 is 11.8 Å². The highest BCUT2D eigenvalue weighted by atomic mass is 32.2. The molecule has 2 rings (SSSR count). The summed E-state index contributed by atoms with van der Waals surface area (Å²) in [4.78, 5) is 3.49. The van der Waals surface area contributed by atoms with Crippen molar-refractivity contribution in [1.82, 2.24) is 4.90 Å². The molecule has 1 aliphatic rings. The molecule has 112 valence electrons. The highest BCUT2D eigenvalue weighted by Crippen LogP contribution is 2.31. The van der Waals surface area contributed by atoms with E-state index in [1.165, 1.54) is 37.0 Å². The minimum Gasteiger partial charge on any atom is -0.372 e. The van der Waals surface area contributed by atoms with E-state index in [1.807, 2.05) is 18.7 Å². The van der Waals surface area contributed by atoms with Crippen LogP contribution in [-0.2, 0) is 5.72 Å². The molecular weight excluding hydrogens is 266 g/mol. The Morgan fingerprint density at radius 2 is 2.00 bits per heavy atom. The molecule has 0 amide bonds. The van der Waals surface area contributed by atoms with Gasteiger partial charge in [0.25, 0.3) is 0 Å². The van der Waals surface area contributed by atoms with Crippen LogP contribution in [0.25, 0.3) is 0 Å². The second-order valence-corrected chi connectivity index (χ2v) is 6.97. The van der Waals surface area contributed by atoms with Crippen molar-refractivity contribution >= 4 is 11.8 Å². The topological polar surface area (TPSA) is 23.5 Å². The van der Waals surface area contributed by atoms with Gasteiger partial charge in [0.2, 0.25) is 0 Å². The number of rotatable bonds is 6. The van der Waals surface area contributed by atoms with Crippen LogP contribution in [0.1, 0.15) is 51.5 Å². The van der Waals surface area contributed by atoms with E-state index in [-0.39, 0.29) is 0 Å². The lowest BCUT2D eigenvalue weighted by atomic mass is 9.99. The van der Waals surface area contributed by atoms with Crippen LogP contribution in [0.2, 0.25) is 0 Å². The molecule has 1 unspecified atom stereocenters. The molecule has 2 nitrogen and oxygen atoms in total. The van der Waals surface area contributed by atoms with E-state index in [2.05, 4.69) is 36.1 Å². The van der Waals surface area contributed by atoms with Crippen molar-refractivity contribution in [2.75, 3.05) is 18.8 Å². The number of hydrogen-bond acceptors (Lipinski definition) is 3. The van der Waals surface area contributed by atoms with Gasteiger partial charge in [0.05, 0.1) is 0 Å². The molecule has 1 heterocycles. The van der Waals surface area contributed by atoms with Gasteiger partial charge in [0.15, 0.2) is 0 Å². The highest BCUT2D eigenvalue weighted by Gasteiger charge is 2.31. The predicted molar refractivity (Wildman–Crippen MR) is 87.1 cm³/mol. The Morgan fingerprint density at radius 3 is 2.70 bits per heavy atom. The fourth-order valence-corrected chi connectivity index (χ4v) is 3.78. The van der Waals surface area contributed by atoms with Gasteiger partial charge < -0.3 is 5.11 Å². The smallest absolute Gasteiger partial charge is 0.141 e. The van der Waals surface area contributed by atoms with E-state index in [4.69, 9.17) is 0 Å². The average Bonchev–Trinajstić information content (AvgIpc) is 2.49. The van der Waals surface area contributed by atoms with Gasteiger partial charge in [-0.15, -0.1) is 11.8 Å². The van der Waals surface area contributed by atoms with E-state index in [9.17, 15) is 5.11 Å². The molecule has 0 spiro atoms. The van der Waals surface area contributed by atoms with Crippen LogP contribution in [0.4, 0.5) is 0 Å². The molecule has 1 saturated heterocycles. The molecule has 1 aromatic rings. The molecule has 1 aromatic carbocycles. The molecule has 3 heteroatoms. The number of aliphatic hydroxyl groups is 1. The van der Waals surface area contributed by atoms with Gasteiger partial charge in [-0.1, -0.05) is 31.9 Å². The Balaban J connectivity index is 2.07. The van der Waals surface area contributed by atoms with Gasteiger partial charge in [-0.25, -0.2) is 0 Å². The van der Waals surface area contributed by atoms with Gasteiger partial charge in [-0.2, -0.15) is 0 Å². The maximum Gasteiger partial charge on any atom is 0.141 e. The number of unbranched alkanes of at least 4 members (excludes halogenated alkanes) is 1. The second kappa shape index (κ2) is 7.48. The summed E-state index contributed by atoms with van der Waals surface area (Å²) in [6.07, 6.45) is 6.16. The summed E-state index contributed by atoms with van der Waals surface area (Å²) < 4.78 is 0. The van der Waals surface area contributed by atoms with Gasteiger partial charge in [-0.05, 0) is 49.6 Å². The third-order valence-corrected chi connectivity index (χ3v) is 5.20. The van der Waals surface area contributed by atoms with E-state index >= 15 is 0 Å². The molecule has 0 aliphatic carbocycles. The van der Waals surface area contributed by atoms with Gasteiger partial charge in [0, 0.05) is 18.0 Å². The molecule has 1 N–H and O–H groups in total. The molecule has 0 saturated carbocycles. The molecular formula is C17H27NOS. The van der Waals surface area contributed by atoms with Gasteiger partial charge in [0.1, 0.15) is 5.72 Å². The van der Waals surface area contributed by atoms with Crippen LogP contribution in [0, 0.1) is 0 Å². The fourth-order valence-electron chi connectivity index (χ4n) is 2.73. The normalized spacial score (nSPS) is 19.8. The summed E-state index contributed by atoms with van der Waals surface area (Å²) in [5.41, 5.74) is 0.197. The lowest BCUT2D eigenvalue weighted by Gasteiger charge is -2.39. The Morgan fingerprint density at radius 1 is 1.25 bits per heavy atom. The third kappa shape index (κ3) is 4.00. The second-order valence-electron chi connectivity index (χ2n) is 5.80. The van der Waals surface area contributed by atoms with Crippen LogP contribution in [0.15, 0.2) is 29.2 Å². The highest BCUT2D eigenvalue weighted by molar-refractivity contribution is 7.99. The zero-order chi connectivity index (χ0) is 14.4. The molecule has 0 bridgehead atoms. The quantitative estimate of drug-likeness (QED) is 0.627. The van der Waals surface area contributed by atoms with Crippen molar-refractivity contribution in [3.63, 3.8) is 0 Å². The van der Waals surface area contributed by atoms with Crippen molar-refractivity contribution in [1.29, 1.82) is 0 Å². The maximum absolute atomic E-state index is 10.9. The molecule has 1 fully saturated rings. The number of piperidine rings is 1. The van der Waals surface area contributed by atoms with E-state index < -0.39 is 5.72 Å². The lowest BCUT2D eigenvalue weighted by Crippen LogP contribution is -2.46. The summed E-state index contributed by atoms with van der Waals surface area (Å²) in [7, 11) is 0. The Kier molecular flexibility index (Phi) is 5.94. The van der Waals surface area contributed by atoms with Crippen LogP contribution in [-0.4, -0.2) is 28.8 Å². The summed E-state index contributed by atoms with van der Waals surface area (Å²) in [6, 6.07) is 8.44. The van der Waals surface area contributed by atoms with Crippen LogP contribution < -0.4 is 0 Å². The maximum atomic E-state index is 10.9. The first-order valence-electron chi connectivity index (χ1n) is 7.85. The van der Waals surface area contributed by atoms with E-state index in [1.54, 1.807) is 0 Å². The number of nitrogens with zero attached hydrogens (tertiary/aromatic N) is 1. The zero-order valence-corrected chi connectivity index (χ0v) is 13.6. The standard InChI is InChI=1S/C17H27NOS/c1-3-4-13-20-16-10-8-9-15(14-16)17(2,19)18-11-6-5-7-12-18/h8-10,14,19H,3-7,11-13H2,1-2H3. The monoisotopic (exact) mass is 293 g/mol. The van der Waals surface area contributed by atoms with Gasteiger partial charge in [-0.3, -0.25) is 4.90 Å². The molecule has 20 heavy (non-hydrogen) atoms. The van der Waals surface area contributed by atoms with Gasteiger partial charge >= 0.3 is 0 Å². The fraction of sp³-hybridized carbons (Fsp3) is 0.647. The largest absolute Gasteiger partial charge is 0.372 e. The van der Waals surface area contributed by atoms with E-state index in [0.29, 0.717) is 0 Å². The van der Waals surface area contributed by atoms with Crippen LogP contribution in [0.3, 0.4) is 0 Å². The Labute approximate surface area is 127 Å². The molecule has 0 aromatic heterocycles. The first-order valence-corrected chi connectivity index (χ1v) is 8.84. The van der Waals surface area contributed by atoms with Crippen molar-refractivity contribution in [2.24, 2.45) is 0 Å². The summed E-state index contributed by atoms with van der Waals surface area (Å²) in [5, 5.41) is 10.9. The Hall–Kier alpha value is -0.510. The third-order valence-electron chi connectivity index (χ3n) is 4.12. The summed E-state index contributed by atoms with van der Waals surface area (Å²) in [5.74, 6) is 1.16. The molecule has 1 aliphatic heterocycles. The minimum absolute atomic E-state index is 0.832. The van der Waals surface area contributed by atoms with E-state index in [0.717, 1.165) is 24.4 Å². The number of likely N-dealkylation sites (tertiary alicyclic amines) is 1.